The van der Waals surface area contributed by atoms with E-state index >= 15 is 0 Å². The second-order valence-electron chi connectivity index (χ2n) is 5.17. The van der Waals surface area contributed by atoms with Gasteiger partial charge in [0.25, 0.3) is 0 Å². The first-order chi connectivity index (χ1) is 6.71. The molecular formula is C10H18O5. The monoisotopic (exact) mass is 218 g/mol. The predicted octanol–water partition coefficient (Wildman–Crippen LogP) is -0.00540. The van der Waals surface area contributed by atoms with Crippen molar-refractivity contribution in [1.82, 2.24) is 0 Å². The topological polar surface area (TPSA) is 68.2 Å². The molecule has 0 saturated carbocycles. The Hall–Kier alpha value is -0.200. The molecule has 0 aromatic heterocycles. The molecule has 5 nitrogen and oxygen atoms in total. The molecule has 1 unspecified atom stereocenters. The Kier molecular flexibility index (Phi) is 2.37. The number of ether oxygens (including phenoxy) is 3. The van der Waals surface area contributed by atoms with Crippen LogP contribution < -0.4 is 0 Å². The van der Waals surface area contributed by atoms with Crippen LogP contribution in [0.15, 0.2) is 0 Å². The maximum absolute atomic E-state index is 9.88. The largest absolute Gasteiger partial charge is 0.388 e. The number of aliphatic hydroxyl groups is 2. The molecule has 15 heavy (non-hydrogen) atoms. The summed E-state index contributed by atoms with van der Waals surface area (Å²) in [5.74, 6) is -0.733. The molecule has 0 radical (unpaired) electrons. The van der Waals surface area contributed by atoms with E-state index < -0.39 is 36.0 Å². The van der Waals surface area contributed by atoms with Crippen molar-refractivity contribution < 1.29 is 24.4 Å². The Morgan fingerprint density at radius 3 is 2.20 bits per heavy atom. The van der Waals surface area contributed by atoms with Gasteiger partial charge in [0.1, 0.15) is 18.3 Å². The number of hydrogen-bond donors (Lipinski definition) is 2. The first-order valence-electron chi connectivity index (χ1n) is 5.12. The molecule has 0 aromatic rings. The predicted molar refractivity (Wildman–Crippen MR) is 51.0 cm³/mol. The smallest absolute Gasteiger partial charge is 0.184 e. The first-order valence-corrected chi connectivity index (χ1v) is 5.12. The average molecular weight is 218 g/mol. The summed E-state index contributed by atoms with van der Waals surface area (Å²) in [5.41, 5.74) is -1.07. The van der Waals surface area contributed by atoms with Gasteiger partial charge in [0.2, 0.25) is 0 Å². The van der Waals surface area contributed by atoms with E-state index in [1.165, 1.54) is 0 Å². The van der Waals surface area contributed by atoms with Crippen LogP contribution in [0.3, 0.4) is 0 Å². The summed E-state index contributed by atoms with van der Waals surface area (Å²) >= 11 is 0. The van der Waals surface area contributed by atoms with Crippen LogP contribution in [-0.4, -0.2) is 46.2 Å². The molecule has 2 aliphatic heterocycles. The zero-order valence-corrected chi connectivity index (χ0v) is 9.43. The lowest BCUT2D eigenvalue weighted by atomic mass is 9.96. The van der Waals surface area contributed by atoms with Gasteiger partial charge in [0.15, 0.2) is 12.1 Å². The van der Waals surface area contributed by atoms with E-state index in [1.807, 2.05) is 0 Å². The van der Waals surface area contributed by atoms with E-state index in [1.54, 1.807) is 27.7 Å². The van der Waals surface area contributed by atoms with Crippen molar-refractivity contribution in [2.24, 2.45) is 0 Å². The highest BCUT2D eigenvalue weighted by Crippen LogP contribution is 2.40. The molecule has 2 saturated heterocycles. The molecule has 4 atom stereocenters. The summed E-state index contributed by atoms with van der Waals surface area (Å²) in [6, 6.07) is 0. The van der Waals surface area contributed by atoms with Crippen LogP contribution in [0.4, 0.5) is 0 Å². The van der Waals surface area contributed by atoms with Crippen molar-refractivity contribution in [2.75, 3.05) is 0 Å². The lowest BCUT2D eigenvalue weighted by Crippen LogP contribution is -2.45. The molecular weight excluding hydrogens is 200 g/mol. The Bertz CT molecular complexity index is 257. The van der Waals surface area contributed by atoms with Gasteiger partial charge in [0, 0.05) is 0 Å². The highest BCUT2D eigenvalue weighted by Gasteiger charge is 2.58. The van der Waals surface area contributed by atoms with Gasteiger partial charge in [-0.1, -0.05) is 0 Å². The van der Waals surface area contributed by atoms with Gasteiger partial charge in [-0.2, -0.15) is 0 Å². The van der Waals surface area contributed by atoms with Gasteiger partial charge in [-0.25, -0.2) is 0 Å². The minimum Gasteiger partial charge on any atom is -0.388 e. The van der Waals surface area contributed by atoms with Gasteiger partial charge in [-0.3, -0.25) is 0 Å². The van der Waals surface area contributed by atoms with Crippen LogP contribution >= 0.6 is 0 Å². The molecule has 0 amide bonds. The highest BCUT2D eigenvalue weighted by atomic mass is 16.8. The van der Waals surface area contributed by atoms with Crippen molar-refractivity contribution in [3.05, 3.63) is 0 Å². The molecule has 0 aromatic carbocycles. The van der Waals surface area contributed by atoms with Gasteiger partial charge in [0.05, 0.1) is 5.60 Å². The summed E-state index contributed by atoms with van der Waals surface area (Å²) in [6.45, 7) is 6.81. The number of aliphatic hydroxyl groups excluding tert-OH is 1. The molecule has 2 fully saturated rings. The van der Waals surface area contributed by atoms with E-state index in [0.29, 0.717) is 0 Å². The highest BCUT2D eigenvalue weighted by molar-refractivity contribution is 5.00. The van der Waals surface area contributed by atoms with Crippen LogP contribution in [0.1, 0.15) is 27.7 Å². The summed E-state index contributed by atoms with van der Waals surface area (Å²) in [5, 5.41) is 19.5. The zero-order valence-electron chi connectivity index (χ0n) is 9.43. The van der Waals surface area contributed by atoms with Gasteiger partial charge in [-0.05, 0) is 27.7 Å². The Labute approximate surface area is 88.9 Å². The van der Waals surface area contributed by atoms with Crippen LogP contribution in [0.2, 0.25) is 0 Å². The van der Waals surface area contributed by atoms with E-state index in [0.717, 1.165) is 0 Å². The molecule has 2 N–H and O–H groups in total. The minimum absolute atomic E-state index is 0.421. The Balaban J connectivity index is 2.20. The summed E-state index contributed by atoms with van der Waals surface area (Å²) < 4.78 is 16.4. The normalized spacial score (nSPS) is 44.4. The summed E-state index contributed by atoms with van der Waals surface area (Å²) in [7, 11) is 0. The van der Waals surface area contributed by atoms with E-state index in [9.17, 15) is 10.2 Å². The quantitative estimate of drug-likeness (QED) is 0.648. The maximum atomic E-state index is 9.88. The third-order valence-electron chi connectivity index (χ3n) is 2.73. The van der Waals surface area contributed by atoms with Crippen LogP contribution in [-0.2, 0) is 14.2 Å². The molecule has 0 aliphatic carbocycles. The second kappa shape index (κ2) is 3.15. The Morgan fingerprint density at radius 1 is 1.13 bits per heavy atom. The molecule has 0 bridgehead atoms. The lowest BCUT2D eigenvalue weighted by Gasteiger charge is -2.29. The first kappa shape index (κ1) is 11.3. The number of fused-ring (bicyclic) bond motifs is 1. The van der Waals surface area contributed by atoms with Crippen molar-refractivity contribution in [3.8, 4) is 0 Å². The van der Waals surface area contributed by atoms with Crippen LogP contribution in [0.5, 0.6) is 0 Å². The van der Waals surface area contributed by atoms with E-state index in [-0.39, 0.29) is 0 Å². The molecule has 5 heteroatoms. The summed E-state index contributed by atoms with van der Waals surface area (Å²) in [6.07, 6.45) is -2.54. The van der Waals surface area contributed by atoms with Crippen molar-refractivity contribution in [2.45, 2.75) is 63.7 Å². The minimum atomic E-state index is -1.07. The zero-order chi connectivity index (χ0) is 11.4. The number of rotatable bonds is 1. The second-order valence-corrected chi connectivity index (χ2v) is 5.17. The fourth-order valence-electron chi connectivity index (χ4n) is 2.15. The molecule has 88 valence electrons. The van der Waals surface area contributed by atoms with E-state index in [4.69, 9.17) is 14.2 Å². The van der Waals surface area contributed by atoms with Crippen molar-refractivity contribution >= 4 is 0 Å². The SMILES string of the molecule is CC1(C)O[C@H]2[C@@H](O1)C(O)O[C@@H]2C(C)(C)O. The van der Waals surface area contributed by atoms with Crippen molar-refractivity contribution in [3.63, 3.8) is 0 Å². The standard InChI is InChI=1S/C10H18O5/c1-9(2,12)7-5-6(8(11)13-7)15-10(3,4)14-5/h5-8,11-12H,1-4H3/t5-,6+,7-,8?/m0/s1. The van der Waals surface area contributed by atoms with Crippen LogP contribution in [0, 0.1) is 0 Å². The fourth-order valence-corrected chi connectivity index (χ4v) is 2.15. The van der Waals surface area contributed by atoms with Gasteiger partial charge < -0.3 is 24.4 Å². The third kappa shape index (κ3) is 1.90. The molecule has 2 heterocycles. The third-order valence-corrected chi connectivity index (χ3v) is 2.73. The molecule has 2 rings (SSSR count). The number of hydrogen-bond acceptors (Lipinski definition) is 5. The molecule has 0 spiro atoms. The van der Waals surface area contributed by atoms with E-state index in [2.05, 4.69) is 0 Å². The molecule has 2 aliphatic rings. The van der Waals surface area contributed by atoms with Gasteiger partial charge in [-0.15, -0.1) is 0 Å². The Morgan fingerprint density at radius 2 is 1.67 bits per heavy atom. The average Bonchev–Trinajstić information content (AvgIpc) is 2.45. The summed E-state index contributed by atoms with van der Waals surface area (Å²) in [4.78, 5) is 0. The maximum Gasteiger partial charge on any atom is 0.184 e. The van der Waals surface area contributed by atoms with Gasteiger partial charge >= 0.3 is 0 Å². The van der Waals surface area contributed by atoms with Crippen LogP contribution in [0.25, 0.3) is 0 Å². The van der Waals surface area contributed by atoms with Crippen molar-refractivity contribution in [1.29, 1.82) is 0 Å². The fraction of sp³-hybridized carbons (Fsp3) is 1.00. The lowest BCUT2D eigenvalue weighted by molar-refractivity contribution is -0.239.